The summed E-state index contributed by atoms with van der Waals surface area (Å²) in [6.45, 7) is 2.15. The number of anilines is 1. The van der Waals surface area contributed by atoms with Gasteiger partial charge < -0.3 is 5.32 Å². The molecule has 6 nitrogen and oxygen atoms in total. The van der Waals surface area contributed by atoms with E-state index in [1.807, 2.05) is 24.3 Å². The fraction of sp³-hybridized carbons (Fsp3) is 0.412. The lowest BCUT2D eigenvalue weighted by Crippen LogP contribution is -2.34. The van der Waals surface area contributed by atoms with Crippen molar-refractivity contribution >= 4 is 23.3 Å². The van der Waals surface area contributed by atoms with Gasteiger partial charge in [0.05, 0.1) is 0 Å². The number of nitrogens with zero attached hydrogens (tertiary/aromatic N) is 4. The Morgan fingerprint density at radius 2 is 2.08 bits per heavy atom. The molecule has 24 heavy (non-hydrogen) atoms. The number of carbonyl (C=O) groups is 1. The van der Waals surface area contributed by atoms with Crippen LogP contribution in [-0.4, -0.2) is 26.0 Å². The number of fused-ring (bicyclic) bond motifs is 1. The number of aromatic nitrogens is 4. The van der Waals surface area contributed by atoms with Gasteiger partial charge in [-0.05, 0) is 46.9 Å². The summed E-state index contributed by atoms with van der Waals surface area (Å²) in [6.07, 6.45) is 3.60. The molecule has 0 fully saturated rings. The molecule has 1 aromatic heterocycles. The molecule has 1 aliphatic carbocycles. The van der Waals surface area contributed by atoms with Crippen molar-refractivity contribution in [3.05, 3.63) is 46.1 Å². The minimum absolute atomic E-state index is 0.184. The van der Waals surface area contributed by atoms with Gasteiger partial charge in [-0.25, -0.2) is 0 Å². The fourth-order valence-electron chi connectivity index (χ4n) is 3.72. The van der Waals surface area contributed by atoms with Crippen LogP contribution in [-0.2, 0) is 4.79 Å². The molecule has 0 amide bonds. The lowest BCUT2D eigenvalue weighted by Gasteiger charge is -2.34. The van der Waals surface area contributed by atoms with E-state index in [1.54, 1.807) is 4.68 Å². The predicted molar refractivity (Wildman–Crippen MR) is 90.7 cm³/mol. The minimum Gasteiger partial charge on any atom is -0.326 e. The van der Waals surface area contributed by atoms with Crippen LogP contribution in [0, 0.1) is 5.92 Å². The van der Waals surface area contributed by atoms with E-state index in [0.29, 0.717) is 23.3 Å². The van der Waals surface area contributed by atoms with E-state index in [1.165, 1.54) is 0 Å². The van der Waals surface area contributed by atoms with Gasteiger partial charge in [-0.3, -0.25) is 4.79 Å². The Balaban J connectivity index is 1.81. The normalized spacial score (nSPS) is 22.8. The lowest BCUT2D eigenvalue weighted by molar-refractivity contribution is -0.117. The summed E-state index contributed by atoms with van der Waals surface area (Å²) in [5.41, 5.74) is 2.71. The average Bonchev–Trinajstić information content (AvgIpc) is 3.02. The molecule has 0 radical (unpaired) electrons. The van der Waals surface area contributed by atoms with Crippen molar-refractivity contribution in [1.82, 2.24) is 20.2 Å². The highest BCUT2D eigenvalue weighted by molar-refractivity contribution is 6.30. The zero-order valence-electron chi connectivity index (χ0n) is 13.4. The Morgan fingerprint density at radius 3 is 2.83 bits per heavy atom. The summed E-state index contributed by atoms with van der Waals surface area (Å²) < 4.78 is 1.68. The third kappa shape index (κ3) is 2.51. The summed E-state index contributed by atoms with van der Waals surface area (Å²) in [6, 6.07) is 7.23. The number of hydrogen-bond acceptors (Lipinski definition) is 5. The first-order chi connectivity index (χ1) is 11.7. The zero-order chi connectivity index (χ0) is 16.7. The molecule has 2 aromatic rings. The van der Waals surface area contributed by atoms with Crippen LogP contribution in [0.3, 0.4) is 0 Å². The first kappa shape index (κ1) is 15.3. The van der Waals surface area contributed by atoms with E-state index in [4.69, 9.17) is 11.6 Å². The molecule has 2 aliphatic rings. The topological polar surface area (TPSA) is 72.7 Å². The van der Waals surface area contributed by atoms with Crippen LogP contribution < -0.4 is 5.32 Å². The van der Waals surface area contributed by atoms with Gasteiger partial charge in [0.2, 0.25) is 5.95 Å². The van der Waals surface area contributed by atoms with Crippen molar-refractivity contribution < 1.29 is 4.79 Å². The molecule has 0 unspecified atom stereocenters. The summed E-state index contributed by atoms with van der Waals surface area (Å²) in [5.74, 6) is 1.16. The molecular weight excluding hydrogens is 326 g/mol. The maximum Gasteiger partial charge on any atom is 0.248 e. The van der Waals surface area contributed by atoms with Gasteiger partial charge in [0.25, 0.3) is 0 Å². The van der Waals surface area contributed by atoms with Crippen LogP contribution in [0.15, 0.2) is 35.5 Å². The minimum atomic E-state index is -0.293. The summed E-state index contributed by atoms with van der Waals surface area (Å²) in [5, 5.41) is 15.9. The van der Waals surface area contributed by atoms with Crippen molar-refractivity contribution in [1.29, 1.82) is 0 Å². The monoisotopic (exact) mass is 343 g/mol. The van der Waals surface area contributed by atoms with E-state index in [-0.39, 0.29) is 11.8 Å². The lowest BCUT2D eigenvalue weighted by atomic mass is 9.79. The number of ketones is 1. The van der Waals surface area contributed by atoms with E-state index in [9.17, 15) is 4.79 Å². The smallest absolute Gasteiger partial charge is 0.248 e. The van der Waals surface area contributed by atoms with Crippen LogP contribution >= 0.6 is 11.6 Å². The molecular formula is C17H18ClN5O. The number of Topliss-reactive ketones (excluding diaryl/α,β-unsaturated/α-hetero) is 1. The highest BCUT2D eigenvalue weighted by atomic mass is 35.5. The highest BCUT2D eigenvalue weighted by Gasteiger charge is 2.38. The van der Waals surface area contributed by atoms with Crippen LogP contribution in [0.4, 0.5) is 5.95 Å². The average molecular weight is 344 g/mol. The van der Waals surface area contributed by atoms with Gasteiger partial charge >= 0.3 is 0 Å². The number of carbonyl (C=O) groups excluding carboxylic acids is 1. The van der Waals surface area contributed by atoms with E-state index in [0.717, 1.165) is 36.1 Å². The number of benzene rings is 1. The number of allylic oxidation sites excluding steroid dienone is 2. The number of halogens is 1. The van der Waals surface area contributed by atoms with Gasteiger partial charge in [-0.1, -0.05) is 42.2 Å². The molecule has 7 heteroatoms. The van der Waals surface area contributed by atoms with Crippen LogP contribution in [0.2, 0.25) is 5.02 Å². The fourth-order valence-corrected chi connectivity index (χ4v) is 3.85. The molecule has 0 spiro atoms. The SMILES string of the molecule is CCC[C@H]1CC(=O)C2=C(C1)Nc1nnnn1[C@@H]2c1ccc(Cl)cc1. The Labute approximate surface area is 144 Å². The Bertz CT molecular complexity index is 811. The molecule has 124 valence electrons. The van der Waals surface area contributed by atoms with Crippen LogP contribution in [0.5, 0.6) is 0 Å². The molecule has 4 rings (SSSR count). The first-order valence-electron chi connectivity index (χ1n) is 8.24. The molecule has 0 saturated heterocycles. The van der Waals surface area contributed by atoms with Crippen molar-refractivity contribution in [3.8, 4) is 0 Å². The maximum atomic E-state index is 12.9. The molecule has 1 aliphatic heterocycles. The number of rotatable bonds is 3. The molecule has 1 aromatic carbocycles. The van der Waals surface area contributed by atoms with Gasteiger partial charge in [-0.15, -0.1) is 0 Å². The predicted octanol–water partition coefficient (Wildman–Crippen LogP) is 3.37. The zero-order valence-corrected chi connectivity index (χ0v) is 14.1. The van der Waals surface area contributed by atoms with Gasteiger partial charge in [0, 0.05) is 22.7 Å². The number of hydrogen-bond donors (Lipinski definition) is 1. The van der Waals surface area contributed by atoms with E-state index >= 15 is 0 Å². The molecule has 1 N–H and O–H groups in total. The second kappa shape index (κ2) is 6.02. The van der Waals surface area contributed by atoms with Crippen molar-refractivity contribution in [2.24, 2.45) is 5.92 Å². The van der Waals surface area contributed by atoms with E-state index in [2.05, 4.69) is 27.8 Å². The van der Waals surface area contributed by atoms with Gasteiger partial charge in [0.15, 0.2) is 5.78 Å². The summed E-state index contributed by atoms with van der Waals surface area (Å²) in [4.78, 5) is 12.9. The quantitative estimate of drug-likeness (QED) is 0.924. The first-order valence-corrected chi connectivity index (χ1v) is 8.61. The maximum absolute atomic E-state index is 12.9. The van der Waals surface area contributed by atoms with Crippen LogP contribution in [0.1, 0.15) is 44.2 Å². The second-order valence-electron chi connectivity index (χ2n) is 6.40. The highest BCUT2D eigenvalue weighted by Crippen LogP contribution is 2.41. The number of tetrazole rings is 1. The van der Waals surface area contributed by atoms with Crippen molar-refractivity contribution in [2.45, 2.75) is 38.6 Å². The van der Waals surface area contributed by atoms with Crippen molar-refractivity contribution in [2.75, 3.05) is 5.32 Å². The van der Waals surface area contributed by atoms with E-state index < -0.39 is 0 Å². The molecule has 2 heterocycles. The Hall–Kier alpha value is -2.21. The summed E-state index contributed by atoms with van der Waals surface area (Å²) in [7, 11) is 0. The third-order valence-corrected chi connectivity index (χ3v) is 5.00. The molecule has 0 bridgehead atoms. The number of nitrogens with one attached hydrogen (secondary N) is 1. The van der Waals surface area contributed by atoms with Gasteiger partial charge in [0.1, 0.15) is 6.04 Å². The standard InChI is InChI=1S/C17H18ClN5O/c1-2-3-10-8-13-15(14(24)9-10)16(11-4-6-12(18)7-5-11)23-17(19-13)20-21-22-23/h4-7,10,16H,2-3,8-9H2,1H3,(H,19,20,22)/t10-,16-/m1/s1. The van der Waals surface area contributed by atoms with Gasteiger partial charge in [-0.2, -0.15) is 4.68 Å². The third-order valence-electron chi connectivity index (χ3n) is 4.75. The molecule has 0 saturated carbocycles. The molecule has 2 atom stereocenters. The Morgan fingerprint density at radius 1 is 1.29 bits per heavy atom. The van der Waals surface area contributed by atoms with Crippen molar-refractivity contribution in [3.63, 3.8) is 0 Å². The van der Waals surface area contributed by atoms with Crippen LogP contribution in [0.25, 0.3) is 0 Å². The Kier molecular flexibility index (Phi) is 3.84. The largest absolute Gasteiger partial charge is 0.326 e. The second-order valence-corrected chi connectivity index (χ2v) is 6.84. The summed E-state index contributed by atoms with van der Waals surface area (Å²) >= 11 is 6.01.